The molecule has 0 unspecified atom stereocenters. The Balaban J connectivity index is 1.40. The third-order valence-corrected chi connectivity index (χ3v) is 6.80. The van der Waals surface area contributed by atoms with E-state index in [9.17, 15) is 13.2 Å². The highest BCUT2D eigenvalue weighted by atomic mass is 32.2. The van der Waals surface area contributed by atoms with Gasteiger partial charge >= 0.3 is 0 Å². The van der Waals surface area contributed by atoms with Gasteiger partial charge in [0.25, 0.3) is 15.9 Å². The number of carbonyl (C=O) groups is 1. The van der Waals surface area contributed by atoms with Crippen LogP contribution in [0.1, 0.15) is 27.0 Å². The molecule has 0 spiro atoms. The highest BCUT2D eigenvalue weighted by Crippen LogP contribution is 2.21. The summed E-state index contributed by atoms with van der Waals surface area (Å²) in [6.07, 6.45) is 3.43. The van der Waals surface area contributed by atoms with Crippen molar-refractivity contribution in [3.63, 3.8) is 0 Å². The van der Waals surface area contributed by atoms with Crippen LogP contribution < -0.4 is 14.8 Å². The lowest BCUT2D eigenvalue weighted by atomic mass is 10.1. The number of ether oxygens (including phenoxy) is 1. The van der Waals surface area contributed by atoms with Gasteiger partial charge < -0.3 is 10.1 Å². The Morgan fingerprint density at radius 1 is 0.886 bits per heavy atom. The number of aryl methyl sites for hydroxylation is 2. The molecular weight excluding hydrogens is 462 g/mol. The summed E-state index contributed by atoms with van der Waals surface area (Å²) >= 11 is 0. The number of hydrogen-bond donors (Lipinski definition) is 2. The molecule has 0 aliphatic rings. The monoisotopic (exact) mass is 487 g/mol. The first kappa shape index (κ1) is 24.0. The van der Waals surface area contributed by atoms with Gasteiger partial charge in [0.1, 0.15) is 12.4 Å². The second-order valence-electron chi connectivity index (χ2n) is 8.06. The van der Waals surface area contributed by atoms with E-state index in [1.165, 1.54) is 24.3 Å². The van der Waals surface area contributed by atoms with Gasteiger partial charge in [-0.15, -0.1) is 0 Å². The number of nitrogens with zero attached hydrogens (tertiary/aromatic N) is 1. The minimum atomic E-state index is -3.78. The lowest BCUT2D eigenvalue weighted by Gasteiger charge is -2.11. The Kier molecular flexibility index (Phi) is 7.12. The number of benzene rings is 3. The summed E-state index contributed by atoms with van der Waals surface area (Å²) in [5.74, 6) is 0.242. The van der Waals surface area contributed by atoms with Crippen LogP contribution in [0.2, 0.25) is 0 Å². The molecule has 0 radical (unpaired) electrons. The van der Waals surface area contributed by atoms with Crippen molar-refractivity contribution in [1.29, 1.82) is 0 Å². The molecular formula is C27H25N3O4S. The normalized spacial score (nSPS) is 11.0. The van der Waals surface area contributed by atoms with Crippen molar-refractivity contribution in [2.24, 2.45) is 0 Å². The number of anilines is 2. The van der Waals surface area contributed by atoms with Crippen molar-refractivity contribution in [3.05, 3.63) is 114 Å². The minimum absolute atomic E-state index is 0.0677. The Hall–Kier alpha value is -4.17. The van der Waals surface area contributed by atoms with Gasteiger partial charge in [0.15, 0.2) is 0 Å². The van der Waals surface area contributed by atoms with Gasteiger partial charge in [-0.2, -0.15) is 0 Å². The largest absolute Gasteiger partial charge is 0.489 e. The van der Waals surface area contributed by atoms with Crippen molar-refractivity contribution < 1.29 is 17.9 Å². The third-order valence-electron chi connectivity index (χ3n) is 5.41. The molecule has 4 rings (SSSR count). The van der Waals surface area contributed by atoms with Gasteiger partial charge in [-0.25, -0.2) is 8.42 Å². The van der Waals surface area contributed by atoms with Gasteiger partial charge in [-0.05, 0) is 79.6 Å². The minimum Gasteiger partial charge on any atom is -0.489 e. The van der Waals surface area contributed by atoms with Crippen molar-refractivity contribution >= 4 is 27.3 Å². The van der Waals surface area contributed by atoms with Crippen LogP contribution in [0.5, 0.6) is 5.75 Å². The molecule has 178 valence electrons. The molecule has 0 fully saturated rings. The Labute approximate surface area is 204 Å². The fourth-order valence-electron chi connectivity index (χ4n) is 3.32. The van der Waals surface area contributed by atoms with Crippen LogP contribution in [0.4, 0.5) is 11.4 Å². The zero-order valence-electron chi connectivity index (χ0n) is 19.4. The third kappa shape index (κ3) is 6.24. The number of hydrogen-bond acceptors (Lipinski definition) is 5. The molecule has 0 bridgehead atoms. The Morgan fingerprint density at radius 2 is 1.69 bits per heavy atom. The SMILES string of the molecule is Cc1ccc(NS(=O)(=O)c2ccc(C(=O)Nc3cccc(OCc4cccnc4)c3)cc2)cc1C. The molecule has 1 heterocycles. The van der Waals surface area contributed by atoms with Crippen LogP contribution in [0, 0.1) is 13.8 Å². The summed E-state index contributed by atoms with van der Waals surface area (Å²) in [4.78, 5) is 16.8. The van der Waals surface area contributed by atoms with E-state index in [-0.39, 0.29) is 10.8 Å². The molecule has 1 aromatic heterocycles. The number of pyridine rings is 1. The van der Waals surface area contributed by atoms with E-state index in [1.807, 2.05) is 32.0 Å². The number of amides is 1. The first-order valence-corrected chi connectivity index (χ1v) is 12.4. The van der Waals surface area contributed by atoms with Crippen LogP contribution in [0.15, 0.2) is 96.2 Å². The lowest BCUT2D eigenvalue weighted by Crippen LogP contribution is -2.15. The molecule has 4 aromatic rings. The predicted molar refractivity (Wildman–Crippen MR) is 136 cm³/mol. The maximum atomic E-state index is 12.7. The van der Waals surface area contributed by atoms with E-state index in [0.29, 0.717) is 29.3 Å². The molecule has 0 saturated heterocycles. The molecule has 2 N–H and O–H groups in total. The second kappa shape index (κ2) is 10.4. The van der Waals surface area contributed by atoms with Crippen molar-refractivity contribution in [2.45, 2.75) is 25.3 Å². The van der Waals surface area contributed by atoms with Crippen molar-refractivity contribution in [1.82, 2.24) is 4.98 Å². The highest BCUT2D eigenvalue weighted by molar-refractivity contribution is 7.92. The van der Waals surface area contributed by atoms with E-state index in [2.05, 4.69) is 15.0 Å². The van der Waals surface area contributed by atoms with Crippen LogP contribution >= 0.6 is 0 Å². The van der Waals surface area contributed by atoms with Gasteiger partial charge in [-0.1, -0.05) is 18.2 Å². The van der Waals surface area contributed by atoms with Crippen molar-refractivity contribution in [3.8, 4) is 5.75 Å². The molecule has 0 aliphatic carbocycles. The molecule has 0 saturated carbocycles. The summed E-state index contributed by atoms with van der Waals surface area (Å²) in [5.41, 5.74) is 4.38. The zero-order valence-corrected chi connectivity index (χ0v) is 20.2. The van der Waals surface area contributed by atoms with E-state index in [4.69, 9.17) is 4.74 Å². The number of sulfonamides is 1. The van der Waals surface area contributed by atoms with Crippen molar-refractivity contribution in [2.75, 3.05) is 10.0 Å². The Morgan fingerprint density at radius 3 is 2.40 bits per heavy atom. The molecule has 3 aromatic carbocycles. The number of carbonyl (C=O) groups excluding carboxylic acids is 1. The predicted octanol–water partition coefficient (Wildman–Crippen LogP) is 5.33. The fraction of sp³-hybridized carbons (Fsp3) is 0.111. The lowest BCUT2D eigenvalue weighted by molar-refractivity contribution is 0.102. The average molecular weight is 488 g/mol. The van der Waals surface area contributed by atoms with Crippen LogP contribution in [-0.2, 0) is 16.6 Å². The van der Waals surface area contributed by atoms with Crippen LogP contribution in [0.3, 0.4) is 0 Å². The Bertz CT molecular complexity index is 1440. The summed E-state index contributed by atoms with van der Waals surface area (Å²) in [6.45, 7) is 4.24. The topological polar surface area (TPSA) is 97.4 Å². The molecule has 0 atom stereocenters. The molecule has 1 amide bonds. The standard InChI is InChI=1S/C27H25N3O4S/c1-19-8-11-24(15-20(19)2)30-35(32,33)26-12-9-22(10-13-26)27(31)29-23-6-3-7-25(16-23)34-18-21-5-4-14-28-17-21/h3-17,30H,18H2,1-2H3,(H,29,31). The van der Waals surface area contributed by atoms with Crippen LogP contribution in [-0.4, -0.2) is 19.3 Å². The molecule has 8 heteroatoms. The number of nitrogens with one attached hydrogen (secondary N) is 2. The van der Waals surface area contributed by atoms with Crippen LogP contribution in [0.25, 0.3) is 0 Å². The van der Waals surface area contributed by atoms with Gasteiger partial charge in [0, 0.05) is 41.0 Å². The van der Waals surface area contributed by atoms with E-state index in [1.54, 1.807) is 48.8 Å². The maximum absolute atomic E-state index is 12.7. The number of rotatable bonds is 8. The first-order valence-electron chi connectivity index (χ1n) is 10.9. The highest BCUT2D eigenvalue weighted by Gasteiger charge is 2.16. The summed E-state index contributed by atoms with van der Waals surface area (Å²) in [6, 6.07) is 21.9. The fourth-order valence-corrected chi connectivity index (χ4v) is 4.37. The molecule has 0 aliphatic heterocycles. The van der Waals surface area contributed by atoms with Gasteiger partial charge in [0.2, 0.25) is 0 Å². The zero-order chi connectivity index (χ0) is 24.8. The second-order valence-corrected chi connectivity index (χ2v) is 9.74. The summed E-state index contributed by atoms with van der Waals surface area (Å²) in [7, 11) is -3.78. The molecule has 35 heavy (non-hydrogen) atoms. The van der Waals surface area contributed by atoms with Gasteiger partial charge in [-0.3, -0.25) is 14.5 Å². The maximum Gasteiger partial charge on any atom is 0.261 e. The van der Waals surface area contributed by atoms with E-state index in [0.717, 1.165) is 16.7 Å². The summed E-state index contributed by atoms with van der Waals surface area (Å²) in [5, 5.41) is 2.81. The first-order chi connectivity index (χ1) is 16.8. The van der Waals surface area contributed by atoms with Gasteiger partial charge in [0.05, 0.1) is 4.90 Å². The molecule has 7 nitrogen and oxygen atoms in total. The smallest absolute Gasteiger partial charge is 0.261 e. The average Bonchev–Trinajstić information content (AvgIpc) is 2.86. The summed E-state index contributed by atoms with van der Waals surface area (Å²) < 4.78 is 33.8. The van der Waals surface area contributed by atoms with E-state index < -0.39 is 10.0 Å². The quantitative estimate of drug-likeness (QED) is 0.350. The van der Waals surface area contributed by atoms with E-state index >= 15 is 0 Å². The number of aromatic nitrogens is 1.